The lowest BCUT2D eigenvalue weighted by atomic mass is 10.0. The Kier molecular flexibility index (Phi) is 19.8. The van der Waals surface area contributed by atoms with Gasteiger partial charge < -0.3 is 19.3 Å². The Balaban J connectivity index is 0.000000265. The normalized spacial score (nSPS) is 11.3. The highest BCUT2D eigenvalue weighted by Gasteiger charge is 2.25. The summed E-state index contributed by atoms with van der Waals surface area (Å²) in [7, 11) is -8.07. The molecule has 6 aromatic rings. The summed E-state index contributed by atoms with van der Waals surface area (Å²) >= 11 is 35.1. The maximum atomic E-state index is 14.7. The van der Waals surface area contributed by atoms with Crippen LogP contribution in [0.2, 0.25) is 30.1 Å². The van der Waals surface area contributed by atoms with Crippen molar-refractivity contribution in [2.45, 2.75) is 27.1 Å². The van der Waals surface area contributed by atoms with E-state index in [4.69, 9.17) is 79.4 Å². The lowest BCUT2D eigenvalue weighted by Crippen LogP contribution is -2.30. The summed E-state index contributed by atoms with van der Waals surface area (Å²) < 4.78 is 155. The first kappa shape index (κ1) is 58.0. The first-order chi connectivity index (χ1) is 32.8. The molecule has 2 heterocycles. The van der Waals surface area contributed by atoms with Crippen molar-refractivity contribution in [1.29, 1.82) is 0 Å². The average Bonchev–Trinajstić information content (AvgIpc) is 3.22. The number of hydrogen-bond donors (Lipinski definition) is 3. The predicted molar refractivity (Wildman–Crippen MR) is 251 cm³/mol. The first-order valence-electron chi connectivity index (χ1n) is 18.7. The van der Waals surface area contributed by atoms with Crippen molar-refractivity contribution >= 4 is 101 Å². The van der Waals surface area contributed by atoms with Gasteiger partial charge >= 0.3 is 13.2 Å². The van der Waals surface area contributed by atoms with Crippen LogP contribution < -0.4 is 23.7 Å². The second-order valence-corrected chi connectivity index (χ2v) is 20.0. The van der Waals surface area contributed by atoms with Gasteiger partial charge in [0.2, 0.25) is 31.9 Å². The maximum absolute atomic E-state index is 14.7. The van der Waals surface area contributed by atoms with Crippen LogP contribution in [-0.2, 0) is 20.0 Å². The molecule has 2 aromatic heterocycles. The van der Waals surface area contributed by atoms with Gasteiger partial charge in [-0.25, -0.2) is 45.0 Å². The number of pyridine rings is 2. The van der Waals surface area contributed by atoms with Crippen molar-refractivity contribution in [2.24, 2.45) is 0 Å². The Labute approximate surface area is 428 Å². The summed E-state index contributed by atoms with van der Waals surface area (Å²) in [6.07, 6.45) is 3.36. The summed E-state index contributed by atoms with van der Waals surface area (Å²) in [4.78, 5) is 31.2. The van der Waals surface area contributed by atoms with Crippen LogP contribution in [0.15, 0.2) is 73.1 Å². The highest BCUT2D eigenvalue weighted by Crippen LogP contribution is 2.41. The number of ether oxygens (including phenoxy) is 3. The van der Waals surface area contributed by atoms with E-state index in [1.807, 2.05) is 0 Å². The number of aromatic hydroxyl groups is 1. The molecule has 0 saturated heterocycles. The first-order valence-corrected chi connectivity index (χ1v) is 24.7. The number of sulfonamides is 2. The number of carbonyl (C=O) groups excluding carboxylic acids is 2. The minimum Gasteiger partial charge on any atom is -0.506 e. The van der Waals surface area contributed by atoms with Crippen LogP contribution in [0, 0.1) is 31.4 Å². The zero-order valence-electron chi connectivity index (χ0n) is 35.8. The zero-order chi connectivity index (χ0) is 53.4. The van der Waals surface area contributed by atoms with Crippen molar-refractivity contribution in [2.75, 3.05) is 12.5 Å². The molecule has 0 radical (unpaired) electrons. The molecule has 14 nitrogen and oxygen atoms in total. The van der Waals surface area contributed by atoms with Gasteiger partial charge in [0.1, 0.15) is 33.9 Å². The molecule has 0 aliphatic carbocycles. The smallest absolute Gasteiger partial charge is 0.387 e. The van der Waals surface area contributed by atoms with Gasteiger partial charge in [-0.15, -0.1) is 0 Å². The van der Waals surface area contributed by atoms with E-state index in [9.17, 15) is 57.2 Å². The number of halogens is 13. The van der Waals surface area contributed by atoms with E-state index in [2.05, 4.69) is 19.4 Å². The number of aromatic nitrogens is 2. The molecule has 6 rings (SSSR count). The molecule has 2 amide bonds. The fourth-order valence-electron chi connectivity index (χ4n) is 5.57. The van der Waals surface area contributed by atoms with Crippen LogP contribution in [0.1, 0.15) is 31.8 Å². The molecule has 0 unspecified atom stereocenters. The molecular weight excluding hydrogens is 1130 g/mol. The Bertz CT molecular complexity index is 3210. The molecule has 0 aliphatic heterocycles. The van der Waals surface area contributed by atoms with Gasteiger partial charge in [0.15, 0.2) is 5.75 Å². The van der Waals surface area contributed by atoms with Gasteiger partial charge in [0.25, 0.3) is 11.8 Å². The number of alkyl halides is 4. The summed E-state index contributed by atoms with van der Waals surface area (Å²) in [5, 5.41) is 10.0. The monoisotopic (exact) mass is 1160 g/mol. The van der Waals surface area contributed by atoms with Crippen molar-refractivity contribution < 1.29 is 76.5 Å². The van der Waals surface area contributed by atoms with Gasteiger partial charge in [0.05, 0.1) is 38.7 Å². The number of nitrogens with zero attached hydrogens (tertiary/aromatic N) is 2. The topological polar surface area (TPSA) is 200 Å². The summed E-state index contributed by atoms with van der Waals surface area (Å²) in [5.41, 5.74) is -0.974. The molecule has 4 aromatic carbocycles. The predicted octanol–water partition coefficient (Wildman–Crippen LogP) is 12.2. The molecule has 29 heteroatoms. The lowest BCUT2D eigenvalue weighted by Gasteiger charge is -2.15. The molecule has 71 heavy (non-hydrogen) atoms. The van der Waals surface area contributed by atoms with Crippen LogP contribution in [-0.4, -0.2) is 69.5 Å². The Hall–Kier alpha value is -5.53. The summed E-state index contributed by atoms with van der Waals surface area (Å²) in [6.45, 7) is -3.25. The number of phenols is 1. The van der Waals surface area contributed by atoms with Crippen LogP contribution in [0.4, 0.5) is 30.7 Å². The van der Waals surface area contributed by atoms with Gasteiger partial charge in [-0.1, -0.05) is 69.6 Å². The number of amides is 2. The minimum absolute atomic E-state index is 0.0332. The van der Waals surface area contributed by atoms with E-state index in [0.29, 0.717) is 63.0 Å². The molecular formula is C42H29Cl6F7N4O10S2. The fourth-order valence-corrected chi connectivity index (χ4v) is 8.06. The van der Waals surface area contributed by atoms with Crippen LogP contribution in [0.3, 0.4) is 0 Å². The Morgan fingerprint density at radius 1 is 0.592 bits per heavy atom. The minimum atomic E-state index is -4.04. The van der Waals surface area contributed by atoms with Crippen LogP contribution in [0.5, 0.6) is 28.9 Å². The summed E-state index contributed by atoms with van der Waals surface area (Å²) in [5.74, 6) is -7.27. The van der Waals surface area contributed by atoms with Gasteiger partial charge in [-0.05, 0) is 85.6 Å². The second kappa shape index (κ2) is 24.3. The molecule has 0 aliphatic rings. The third kappa shape index (κ3) is 16.8. The number of benzene rings is 4. The number of nitrogens with one attached hydrogen (secondary N) is 2. The van der Waals surface area contributed by atoms with E-state index < -0.39 is 90.3 Å². The third-order valence-electron chi connectivity index (χ3n) is 8.45. The quantitative estimate of drug-likeness (QED) is 0.0775. The van der Waals surface area contributed by atoms with Gasteiger partial charge in [-0.3, -0.25) is 9.59 Å². The second-order valence-electron chi connectivity index (χ2n) is 14.0. The largest absolute Gasteiger partial charge is 0.506 e. The lowest BCUT2D eigenvalue weighted by molar-refractivity contribution is -0.0501. The van der Waals surface area contributed by atoms with Gasteiger partial charge in [0, 0.05) is 44.7 Å². The number of phenolic OH excluding ortho intramolecular Hbond substituents is 1. The number of hydrogen-bond acceptors (Lipinski definition) is 12. The molecule has 0 spiro atoms. The fraction of sp³-hybridized carbons (Fsp3) is 0.143. The third-order valence-corrected chi connectivity index (χ3v) is 11.1. The summed E-state index contributed by atoms with van der Waals surface area (Å²) in [6, 6.07) is 11.0. The van der Waals surface area contributed by atoms with Crippen LogP contribution in [0.25, 0.3) is 22.3 Å². The van der Waals surface area contributed by atoms with Crippen molar-refractivity contribution in [3.8, 4) is 51.1 Å². The average molecular weight is 1160 g/mol. The molecule has 0 bridgehead atoms. The van der Waals surface area contributed by atoms with Crippen molar-refractivity contribution in [3.05, 3.63) is 143 Å². The molecule has 0 atom stereocenters. The van der Waals surface area contributed by atoms with E-state index in [0.717, 1.165) is 18.5 Å². The van der Waals surface area contributed by atoms with E-state index in [1.54, 1.807) is 30.7 Å². The van der Waals surface area contributed by atoms with E-state index >= 15 is 0 Å². The van der Waals surface area contributed by atoms with Crippen LogP contribution >= 0.6 is 69.6 Å². The highest BCUT2D eigenvalue weighted by atomic mass is 35.5. The van der Waals surface area contributed by atoms with Crippen molar-refractivity contribution in [1.82, 2.24) is 19.4 Å². The Morgan fingerprint density at radius 3 is 1.41 bits per heavy atom. The Morgan fingerprint density at radius 2 is 1.01 bits per heavy atom. The van der Waals surface area contributed by atoms with Gasteiger partial charge in [-0.2, -0.15) is 22.0 Å². The molecule has 380 valence electrons. The van der Waals surface area contributed by atoms with Crippen molar-refractivity contribution in [3.63, 3.8) is 0 Å². The number of carbonyl (C=O) groups is 2. The molecule has 0 fully saturated rings. The maximum Gasteiger partial charge on any atom is 0.387 e. The zero-order valence-corrected chi connectivity index (χ0v) is 42.0. The van der Waals surface area contributed by atoms with E-state index in [1.165, 1.54) is 22.9 Å². The highest BCUT2D eigenvalue weighted by molar-refractivity contribution is 7.89. The number of rotatable bonds is 12. The SMILES string of the molecule is CS(=O)(=O)NC(=O)c1cc(OC(F)F)c(-c2cnc(F)c(Cl)c2)cc1F.Cc1cc(Cl)cc(Cl)c1O.Cc1cc(Cl)cc(Cl)c1Oc1ncc(-c2cc(F)c(C(=O)NS(C)(=O)=O)cc2OC(F)F)cc1Cl. The van der Waals surface area contributed by atoms with E-state index in [-0.39, 0.29) is 49.7 Å². The molecule has 3 N–H and O–H groups in total. The molecule has 0 saturated carbocycles. The standard InChI is InChI=1S/C21H14Cl3F3N2O5S.C14H9ClF4N2O4S.C7H6Cl2O/c1-9-3-11(22)5-14(23)18(9)34-20-15(24)4-10(8-28-20)12-6-16(25)13(7-17(12)33-21(26)27)19(30)29-35(2,31)32;1-26(23,24)21-13(22)8-4-11(25-14(18)19)7(3-10(8)16)6-2-9(15)12(17)20-5-6;1-4-2-5(8)3-6(9)7(4)10/h3-8,21H,1-2H3,(H,29,30);2-5,14H,1H3,(H,21,22);2-3,10H,1H3. The number of aryl methyl sites for hydroxylation is 2.